The Bertz CT molecular complexity index is 448. The first-order valence-electron chi connectivity index (χ1n) is 8.05. The standard InChI is InChI=1S/C16H25Cl2NO2/c1-4-21-12-9-11(15(12)7-5-6-8-15)19(3)13(20)14(2)10-16(14,17)18/h11-12H,4-10H2,1-3H3. The second kappa shape index (κ2) is 5.01. The van der Waals surface area contributed by atoms with E-state index in [1.165, 1.54) is 25.7 Å². The third kappa shape index (κ3) is 2.14. The summed E-state index contributed by atoms with van der Waals surface area (Å²) in [5.41, 5.74) is -0.436. The average molecular weight is 334 g/mol. The van der Waals surface area contributed by atoms with Crippen molar-refractivity contribution >= 4 is 29.1 Å². The van der Waals surface area contributed by atoms with Crippen molar-refractivity contribution in [2.24, 2.45) is 10.8 Å². The monoisotopic (exact) mass is 333 g/mol. The van der Waals surface area contributed by atoms with Gasteiger partial charge in [0.05, 0.1) is 11.5 Å². The summed E-state index contributed by atoms with van der Waals surface area (Å²) in [6.07, 6.45) is 6.65. The van der Waals surface area contributed by atoms with E-state index in [4.69, 9.17) is 27.9 Å². The molecule has 0 aromatic heterocycles. The molecule has 3 rings (SSSR count). The summed E-state index contributed by atoms with van der Waals surface area (Å²) in [4.78, 5) is 14.7. The van der Waals surface area contributed by atoms with Gasteiger partial charge in [-0.2, -0.15) is 0 Å². The van der Waals surface area contributed by atoms with Crippen molar-refractivity contribution < 1.29 is 9.53 Å². The molecule has 3 saturated carbocycles. The SMILES string of the molecule is CCOC1CC(N(C)C(=O)C2(C)CC2(Cl)Cl)C12CCCC2. The fraction of sp³-hybridized carbons (Fsp3) is 0.938. The van der Waals surface area contributed by atoms with E-state index in [9.17, 15) is 4.79 Å². The Morgan fingerprint density at radius 2 is 1.90 bits per heavy atom. The van der Waals surface area contributed by atoms with Gasteiger partial charge < -0.3 is 9.64 Å². The molecule has 3 fully saturated rings. The van der Waals surface area contributed by atoms with E-state index >= 15 is 0 Å². The summed E-state index contributed by atoms with van der Waals surface area (Å²) in [5, 5.41) is 0. The number of amides is 1. The van der Waals surface area contributed by atoms with Gasteiger partial charge in [0.1, 0.15) is 4.33 Å². The van der Waals surface area contributed by atoms with E-state index in [0.717, 1.165) is 13.0 Å². The van der Waals surface area contributed by atoms with Crippen molar-refractivity contribution in [2.45, 2.75) is 68.9 Å². The average Bonchev–Trinajstić information content (AvgIpc) is 2.85. The summed E-state index contributed by atoms with van der Waals surface area (Å²) in [6, 6.07) is 0.283. The molecule has 0 saturated heterocycles. The minimum atomic E-state index is -0.885. The maximum absolute atomic E-state index is 12.8. The first-order valence-corrected chi connectivity index (χ1v) is 8.81. The van der Waals surface area contributed by atoms with Crippen LogP contribution in [0.5, 0.6) is 0 Å². The Morgan fingerprint density at radius 1 is 1.33 bits per heavy atom. The predicted octanol–water partition coefficient (Wildman–Crippen LogP) is 3.77. The van der Waals surface area contributed by atoms with E-state index in [2.05, 4.69) is 0 Å². The van der Waals surface area contributed by atoms with Gasteiger partial charge >= 0.3 is 0 Å². The molecule has 3 unspecified atom stereocenters. The van der Waals surface area contributed by atoms with Crippen molar-refractivity contribution in [1.29, 1.82) is 0 Å². The summed E-state index contributed by atoms with van der Waals surface area (Å²) in [7, 11) is 1.92. The zero-order valence-electron chi connectivity index (χ0n) is 13.1. The molecule has 0 heterocycles. The Hall–Kier alpha value is 0.01000. The number of ether oxygens (including phenoxy) is 1. The molecule has 3 atom stereocenters. The maximum Gasteiger partial charge on any atom is 0.231 e. The lowest BCUT2D eigenvalue weighted by atomic mass is 9.60. The third-order valence-electron chi connectivity index (χ3n) is 6.16. The van der Waals surface area contributed by atoms with Crippen LogP contribution in [0, 0.1) is 10.8 Å². The Kier molecular flexibility index (Phi) is 3.79. The van der Waals surface area contributed by atoms with Crippen LogP contribution in [-0.2, 0) is 9.53 Å². The van der Waals surface area contributed by atoms with Crippen LogP contribution < -0.4 is 0 Å². The molecule has 0 aromatic rings. The van der Waals surface area contributed by atoms with E-state index in [1.807, 2.05) is 25.8 Å². The van der Waals surface area contributed by atoms with Crippen LogP contribution in [-0.4, -0.2) is 40.9 Å². The number of nitrogens with zero attached hydrogens (tertiary/aromatic N) is 1. The molecule has 0 bridgehead atoms. The number of hydrogen-bond donors (Lipinski definition) is 0. The molecule has 21 heavy (non-hydrogen) atoms. The number of rotatable bonds is 4. The van der Waals surface area contributed by atoms with Crippen LogP contribution in [0.3, 0.4) is 0 Å². The molecule has 0 aliphatic heterocycles. The lowest BCUT2D eigenvalue weighted by Crippen LogP contribution is -2.64. The van der Waals surface area contributed by atoms with Gasteiger partial charge in [-0.25, -0.2) is 0 Å². The Morgan fingerprint density at radius 3 is 2.38 bits per heavy atom. The fourth-order valence-electron chi connectivity index (χ4n) is 4.56. The quantitative estimate of drug-likeness (QED) is 0.733. The first-order chi connectivity index (χ1) is 9.78. The number of carbonyl (C=O) groups excluding carboxylic acids is 1. The van der Waals surface area contributed by atoms with Gasteiger partial charge in [0.15, 0.2) is 0 Å². The van der Waals surface area contributed by atoms with Crippen LogP contribution >= 0.6 is 23.2 Å². The van der Waals surface area contributed by atoms with Crippen LogP contribution in [0.1, 0.15) is 52.4 Å². The molecule has 0 radical (unpaired) electrons. The molecule has 0 aromatic carbocycles. The van der Waals surface area contributed by atoms with Crippen molar-refractivity contribution in [3.8, 4) is 0 Å². The lowest BCUT2D eigenvalue weighted by molar-refractivity contribution is -0.175. The summed E-state index contributed by atoms with van der Waals surface area (Å²) < 4.78 is 5.04. The second-order valence-corrected chi connectivity index (χ2v) is 8.75. The minimum Gasteiger partial charge on any atom is -0.378 e. The number of hydrogen-bond acceptors (Lipinski definition) is 2. The highest BCUT2D eigenvalue weighted by Gasteiger charge is 2.70. The smallest absolute Gasteiger partial charge is 0.231 e. The summed E-state index contributed by atoms with van der Waals surface area (Å²) in [6.45, 7) is 4.68. The Labute approximate surface area is 137 Å². The number of halogens is 2. The van der Waals surface area contributed by atoms with Crippen LogP contribution in [0.2, 0.25) is 0 Å². The van der Waals surface area contributed by atoms with Gasteiger partial charge in [-0.05, 0) is 39.5 Å². The molecule has 3 aliphatic carbocycles. The second-order valence-electron chi connectivity index (χ2n) is 7.27. The van der Waals surface area contributed by atoms with Gasteiger partial charge in [-0.3, -0.25) is 4.79 Å². The number of carbonyl (C=O) groups is 1. The highest BCUT2D eigenvalue weighted by atomic mass is 35.5. The molecule has 0 N–H and O–H groups in total. The molecule has 1 spiro atoms. The predicted molar refractivity (Wildman–Crippen MR) is 84.7 cm³/mol. The lowest BCUT2D eigenvalue weighted by Gasteiger charge is -2.57. The van der Waals surface area contributed by atoms with Gasteiger partial charge in [0.25, 0.3) is 0 Å². The van der Waals surface area contributed by atoms with Crippen LogP contribution in [0.15, 0.2) is 0 Å². The van der Waals surface area contributed by atoms with E-state index < -0.39 is 9.75 Å². The highest BCUT2D eigenvalue weighted by Crippen LogP contribution is 2.65. The van der Waals surface area contributed by atoms with Crippen molar-refractivity contribution in [1.82, 2.24) is 4.90 Å². The normalized spacial score (nSPS) is 39.1. The van der Waals surface area contributed by atoms with Crippen LogP contribution in [0.4, 0.5) is 0 Å². The first kappa shape index (κ1) is 15.9. The van der Waals surface area contributed by atoms with Crippen molar-refractivity contribution in [2.75, 3.05) is 13.7 Å². The van der Waals surface area contributed by atoms with Gasteiger partial charge in [0.2, 0.25) is 5.91 Å². The summed E-state index contributed by atoms with van der Waals surface area (Å²) >= 11 is 12.4. The zero-order chi connectivity index (χ0) is 15.5. The van der Waals surface area contributed by atoms with Crippen molar-refractivity contribution in [3.63, 3.8) is 0 Å². The molecule has 3 nitrogen and oxygen atoms in total. The Balaban J connectivity index is 1.74. The van der Waals surface area contributed by atoms with Crippen LogP contribution in [0.25, 0.3) is 0 Å². The highest BCUT2D eigenvalue weighted by molar-refractivity contribution is 6.53. The zero-order valence-corrected chi connectivity index (χ0v) is 14.6. The third-order valence-corrected chi connectivity index (χ3v) is 7.26. The van der Waals surface area contributed by atoms with E-state index in [-0.39, 0.29) is 17.4 Å². The molecule has 3 aliphatic rings. The number of alkyl halides is 2. The molecular formula is C16H25Cl2NO2. The molecule has 120 valence electrons. The molecule has 5 heteroatoms. The minimum absolute atomic E-state index is 0.0960. The molecular weight excluding hydrogens is 309 g/mol. The summed E-state index contributed by atoms with van der Waals surface area (Å²) in [5.74, 6) is 0.0960. The van der Waals surface area contributed by atoms with E-state index in [1.54, 1.807) is 0 Å². The maximum atomic E-state index is 12.8. The van der Waals surface area contributed by atoms with Gasteiger partial charge in [-0.15, -0.1) is 23.2 Å². The van der Waals surface area contributed by atoms with E-state index in [0.29, 0.717) is 12.5 Å². The topological polar surface area (TPSA) is 29.5 Å². The fourth-order valence-corrected chi connectivity index (χ4v) is 5.25. The van der Waals surface area contributed by atoms with Crippen molar-refractivity contribution in [3.05, 3.63) is 0 Å². The largest absolute Gasteiger partial charge is 0.378 e. The van der Waals surface area contributed by atoms with Gasteiger partial charge in [0, 0.05) is 25.1 Å². The van der Waals surface area contributed by atoms with Gasteiger partial charge in [-0.1, -0.05) is 12.8 Å². The molecule has 1 amide bonds.